The number of amides is 2. The van der Waals surface area contributed by atoms with E-state index in [1.165, 1.54) is 0 Å². The largest absolute Gasteiger partial charge is 0.326 e. The first-order valence-corrected chi connectivity index (χ1v) is 9.13. The third-order valence-electron chi connectivity index (χ3n) is 3.73. The van der Waals surface area contributed by atoms with Crippen molar-refractivity contribution in [3.63, 3.8) is 0 Å². The van der Waals surface area contributed by atoms with Gasteiger partial charge in [0.15, 0.2) is 0 Å². The summed E-state index contributed by atoms with van der Waals surface area (Å²) in [6.45, 7) is 6.60. The van der Waals surface area contributed by atoms with Crippen LogP contribution in [0.4, 0.5) is 11.4 Å². The van der Waals surface area contributed by atoms with Gasteiger partial charge in [-0.25, -0.2) is 0 Å². The number of carbonyl (C=O) groups excluding carboxylic acids is 2. The molecule has 0 aromatic heterocycles. The lowest BCUT2D eigenvalue weighted by molar-refractivity contribution is -0.119. The number of halogens is 1. The molecule has 24 heavy (non-hydrogen) atoms. The fourth-order valence-electron chi connectivity index (χ4n) is 2.30. The number of nitrogens with one attached hydrogen (secondary N) is 3. The molecule has 1 atom stereocenters. The van der Waals surface area contributed by atoms with Gasteiger partial charge >= 0.3 is 0 Å². The molecule has 0 spiro atoms. The van der Waals surface area contributed by atoms with Gasteiger partial charge in [0, 0.05) is 47.8 Å². The monoisotopic (exact) mass is 371 g/mol. The predicted octanol–water partition coefficient (Wildman–Crippen LogP) is 3.04. The minimum Gasteiger partial charge on any atom is -0.326 e. The highest BCUT2D eigenvalue weighted by Gasteiger charge is 2.17. The number of aryl methyl sites for hydroxylation is 1. The molecule has 1 aromatic carbocycles. The van der Waals surface area contributed by atoms with Gasteiger partial charge in [-0.2, -0.15) is 11.8 Å². The summed E-state index contributed by atoms with van der Waals surface area (Å²) in [6.07, 6.45) is 0.467. The zero-order chi connectivity index (χ0) is 16.8. The number of rotatable bonds is 5. The van der Waals surface area contributed by atoms with Crippen LogP contribution in [0.15, 0.2) is 18.2 Å². The molecule has 0 radical (unpaired) electrons. The van der Waals surface area contributed by atoms with Crippen LogP contribution in [0.5, 0.6) is 0 Å². The minimum absolute atomic E-state index is 0. The van der Waals surface area contributed by atoms with Crippen molar-refractivity contribution >= 4 is 47.4 Å². The molecule has 3 N–H and O–H groups in total. The van der Waals surface area contributed by atoms with Crippen LogP contribution in [0.3, 0.4) is 0 Å². The van der Waals surface area contributed by atoms with Crippen LogP contribution in [0.2, 0.25) is 0 Å². The standard InChI is InChI=1S/C17H25N3O2S.ClH/c1-11(2)17(22)19-13-5-4-12(3)15(8-13)20-16(21)9-14-10-23-7-6-18-14;/h4-5,8,11,14,18H,6-7,9-10H2,1-3H3,(H,19,22)(H,20,21);1H. The second-order valence-electron chi connectivity index (χ2n) is 6.15. The summed E-state index contributed by atoms with van der Waals surface area (Å²) in [5.74, 6) is 1.96. The van der Waals surface area contributed by atoms with Crippen LogP contribution in [-0.4, -0.2) is 35.9 Å². The van der Waals surface area contributed by atoms with E-state index in [4.69, 9.17) is 0 Å². The van der Waals surface area contributed by atoms with Crippen LogP contribution in [0.25, 0.3) is 0 Å². The fourth-order valence-corrected chi connectivity index (χ4v) is 3.25. The summed E-state index contributed by atoms with van der Waals surface area (Å²) in [5, 5.41) is 9.18. The third kappa shape index (κ3) is 6.34. The molecule has 134 valence electrons. The molecule has 1 saturated heterocycles. The number of carbonyl (C=O) groups is 2. The molecular formula is C17H26ClN3O2S. The van der Waals surface area contributed by atoms with Crippen molar-refractivity contribution in [2.24, 2.45) is 5.92 Å². The highest BCUT2D eigenvalue weighted by Crippen LogP contribution is 2.21. The molecule has 7 heteroatoms. The Labute approximate surface area is 154 Å². The van der Waals surface area contributed by atoms with Crippen molar-refractivity contribution in [3.8, 4) is 0 Å². The lowest BCUT2D eigenvalue weighted by atomic mass is 10.1. The average Bonchev–Trinajstić information content (AvgIpc) is 2.51. The van der Waals surface area contributed by atoms with Crippen molar-refractivity contribution in [2.75, 3.05) is 28.7 Å². The molecule has 1 fully saturated rings. The summed E-state index contributed by atoms with van der Waals surface area (Å²) < 4.78 is 0. The van der Waals surface area contributed by atoms with Gasteiger partial charge < -0.3 is 16.0 Å². The second-order valence-corrected chi connectivity index (χ2v) is 7.30. The van der Waals surface area contributed by atoms with Crippen molar-refractivity contribution in [1.82, 2.24) is 5.32 Å². The van der Waals surface area contributed by atoms with Crippen molar-refractivity contribution in [3.05, 3.63) is 23.8 Å². The molecule has 1 aliphatic rings. The Kier molecular flexibility index (Phi) is 8.59. The quantitative estimate of drug-likeness (QED) is 0.744. The third-order valence-corrected chi connectivity index (χ3v) is 4.86. The Balaban J connectivity index is 0.00000288. The second kappa shape index (κ2) is 9.91. The highest BCUT2D eigenvalue weighted by molar-refractivity contribution is 7.99. The van der Waals surface area contributed by atoms with Gasteiger partial charge in [-0.15, -0.1) is 12.4 Å². The Morgan fingerprint density at radius 1 is 1.33 bits per heavy atom. The van der Waals surface area contributed by atoms with Gasteiger partial charge in [-0.05, 0) is 24.6 Å². The Bertz CT molecular complexity index is 575. The number of hydrogen-bond acceptors (Lipinski definition) is 4. The maximum absolute atomic E-state index is 12.2. The lowest BCUT2D eigenvalue weighted by Crippen LogP contribution is -2.39. The van der Waals surface area contributed by atoms with E-state index >= 15 is 0 Å². The zero-order valence-electron chi connectivity index (χ0n) is 14.3. The molecule has 2 amide bonds. The number of anilines is 2. The normalized spacial score (nSPS) is 17.1. The summed E-state index contributed by atoms with van der Waals surface area (Å²) >= 11 is 1.88. The fraction of sp³-hybridized carbons (Fsp3) is 0.529. The molecular weight excluding hydrogens is 346 g/mol. The zero-order valence-corrected chi connectivity index (χ0v) is 16.0. The molecule has 2 rings (SSSR count). The Morgan fingerprint density at radius 2 is 2.08 bits per heavy atom. The van der Waals surface area contributed by atoms with Crippen molar-refractivity contribution in [2.45, 2.75) is 33.2 Å². The van der Waals surface area contributed by atoms with E-state index in [9.17, 15) is 9.59 Å². The lowest BCUT2D eigenvalue weighted by Gasteiger charge is -2.22. The number of benzene rings is 1. The topological polar surface area (TPSA) is 70.2 Å². The predicted molar refractivity (Wildman–Crippen MR) is 104 cm³/mol. The molecule has 0 aliphatic carbocycles. The van der Waals surface area contributed by atoms with E-state index in [-0.39, 0.29) is 36.2 Å². The van der Waals surface area contributed by atoms with E-state index in [1.54, 1.807) is 0 Å². The summed E-state index contributed by atoms with van der Waals surface area (Å²) in [7, 11) is 0. The summed E-state index contributed by atoms with van der Waals surface area (Å²) in [6, 6.07) is 5.81. The number of hydrogen-bond donors (Lipinski definition) is 3. The van der Waals surface area contributed by atoms with Gasteiger partial charge in [0.1, 0.15) is 0 Å². The minimum atomic E-state index is -0.0794. The van der Waals surface area contributed by atoms with Gasteiger partial charge in [-0.1, -0.05) is 19.9 Å². The van der Waals surface area contributed by atoms with Crippen LogP contribution >= 0.6 is 24.2 Å². The van der Waals surface area contributed by atoms with Crippen molar-refractivity contribution < 1.29 is 9.59 Å². The van der Waals surface area contributed by atoms with Gasteiger partial charge in [0.2, 0.25) is 11.8 Å². The smallest absolute Gasteiger partial charge is 0.226 e. The van der Waals surface area contributed by atoms with Crippen molar-refractivity contribution in [1.29, 1.82) is 0 Å². The number of thioether (sulfide) groups is 1. The molecule has 0 saturated carbocycles. The molecule has 5 nitrogen and oxygen atoms in total. The van der Waals surface area contributed by atoms with Gasteiger partial charge in [-0.3, -0.25) is 9.59 Å². The van der Waals surface area contributed by atoms with E-state index in [2.05, 4.69) is 16.0 Å². The Morgan fingerprint density at radius 3 is 2.71 bits per heavy atom. The Hall–Kier alpha value is -1.24. The van der Waals surface area contributed by atoms with E-state index in [1.807, 2.05) is 50.7 Å². The van der Waals surface area contributed by atoms with Crippen LogP contribution in [0.1, 0.15) is 25.8 Å². The molecule has 1 heterocycles. The molecule has 0 bridgehead atoms. The maximum atomic E-state index is 12.2. The first-order chi connectivity index (χ1) is 11.0. The van der Waals surface area contributed by atoms with Crippen LogP contribution < -0.4 is 16.0 Å². The molecule has 1 aromatic rings. The average molecular weight is 372 g/mol. The molecule has 1 aliphatic heterocycles. The molecule has 1 unspecified atom stereocenters. The summed E-state index contributed by atoms with van der Waals surface area (Å²) in [5.41, 5.74) is 2.43. The maximum Gasteiger partial charge on any atom is 0.226 e. The van der Waals surface area contributed by atoms with E-state index in [0.717, 1.165) is 29.3 Å². The highest BCUT2D eigenvalue weighted by atomic mass is 35.5. The summed E-state index contributed by atoms with van der Waals surface area (Å²) in [4.78, 5) is 24.0. The van der Waals surface area contributed by atoms with Gasteiger partial charge in [0.05, 0.1) is 0 Å². The van der Waals surface area contributed by atoms with Gasteiger partial charge in [0.25, 0.3) is 0 Å². The first-order valence-electron chi connectivity index (χ1n) is 7.98. The van der Waals surface area contributed by atoms with Crippen LogP contribution in [0, 0.1) is 12.8 Å². The SMILES string of the molecule is Cc1ccc(NC(=O)C(C)C)cc1NC(=O)CC1CSCCN1.Cl. The van der Waals surface area contributed by atoms with Crippen LogP contribution in [-0.2, 0) is 9.59 Å². The first kappa shape index (κ1) is 20.8. The van der Waals surface area contributed by atoms with E-state index < -0.39 is 0 Å². The van der Waals surface area contributed by atoms with E-state index in [0.29, 0.717) is 12.1 Å².